The van der Waals surface area contributed by atoms with Gasteiger partial charge in [-0.2, -0.15) is 0 Å². The number of benzene rings is 2. The SMILES string of the molecule is C[C@H](NC(=O)CCc1ncc(-c2ccc(Cl)cc2)o1)c1ccc(F)cc1F. The maximum Gasteiger partial charge on any atom is 0.220 e. The third kappa shape index (κ3) is 4.92. The van der Waals surface area contributed by atoms with Crippen LogP contribution in [0.25, 0.3) is 11.3 Å². The van der Waals surface area contributed by atoms with Crippen LogP contribution in [0.2, 0.25) is 5.02 Å². The molecule has 1 amide bonds. The summed E-state index contributed by atoms with van der Waals surface area (Å²) in [6.07, 6.45) is 2.03. The fraction of sp³-hybridized carbons (Fsp3) is 0.200. The molecular weight excluding hydrogens is 374 g/mol. The van der Waals surface area contributed by atoms with Crippen molar-refractivity contribution in [3.8, 4) is 11.3 Å². The number of oxazole rings is 1. The van der Waals surface area contributed by atoms with Crippen molar-refractivity contribution in [1.82, 2.24) is 10.3 Å². The van der Waals surface area contributed by atoms with E-state index < -0.39 is 17.7 Å². The topological polar surface area (TPSA) is 55.1 Å². The maximum atomic E-state index is 13.8. The van der Waals surface area contributed by atoms with Gasteiger partial charge in [0.25, 0.3) is 0 Å². The van der Waals surface area contributed by atoms with E-state index >= 15 is 0 Å². The van der Waals surface area contributed by atoms with Crippen molar-refractivity contribution in [2.24, 2.45) is 0 Å². The molecule has 0 aliphatic rings. The van der Waals surface area contributed by atoms with Gasteiger partial charge in [-0.3, -0.25) is 4.79 Å². The van der Waals surface area contributed by atoms with Gasteiger partial charge in [0.2, 0.25) is 5.91 Å². The Morgan fingerprint density at radius 1 is 1.22 bits per heavy atom. The van der Waals surface area contributed by atoms with E-state index in [-0.39, 0.29) is 17.9 Å². The standard InChI is InChI=1S/C20H17ClF2N2O2/c1-12(16-7-6-15(22)10-17(16)23)25-19(26)8-9-20-24-11-18(27-20)13-2-4-14(21)5-3-13/h2-7,10-12H,8-9H2,1H3,(H,25,26)/t12-/m0/s1. The predicted molar refractivity (Wildman–Crippen MR) is 98.2 cm³/mol. The molecular formula is C20H17ClF2N2O2. The second kappa shape index (κ2) is 8.31. The quantitative estimate of drug-likeness (QED) is 0.638. The van der Waals surface area contributed by atoms with E-state index in [1.54, 1.807) is 25.3 Å². The molecule has 0 saturated heterocycles. The Morgan fingerprint density at radius 3 is 2.67 bits per heavy atom. The highest BCUT2D eigenvalue weighted by Crippen LogP contribution is 2.23. The van der Waals surface area contributed by atoms with E-state index in [0.29, 0.717) is 23.1 Å². The van der Waals surface area contributed by atoms with Crippen molar-refractivity contribution in [1.29, 1.82) is 0 Å². The molecule has 1 aromatic heterocycles. The third-order valence-corrected chi connectivity index (χ3v) is 4.31. The number of nitrogens with one attached hydrogen (secondary N) is 1. The number of nitrogens with zero attached hydrogens (tertiary/aromatic N) is 1. The molecule has 7 heteroatoms. The summed E-state index contributed by atoms with van der Waals surface area (Å²) in [4.78, 5) is 16.3. The first kappa shape index (κ1) is 19.0. The number of hydrogen-bond donors (Lipinski definition) is 1. The summed E-state index contributed by atoms with van der Waals surface area (Å²) in [6.45, 7) is 1.64. The highest BCUT2D eigenvalue weighted by atomic mass is 35.5. The maximum absolute atomic E-state index is 13.8. The van der Waals surface area contributed by atoms with Gasteiger partial charge in [-0.15, -0.1) is 0 Å². The first-order valence-corrected chi connectivity index (χ1v) is 8.75. The number of carbonyl (C=O) groups excluding carboxylic acids is 1. The minimum Gasteiger partial charge on any atom is -0.441 e. The van der Waals surface area contributed by atoms with Gasteiger partial charge in [-0.1, -0.05) is 17.7 Å². The molecule has 140 valence electrons. The lowest BCUT2D eigenvalue weighted by Crippen LogP contribution is -2.27. The third-order valence-electron chi connectivity index (χ3n) is 4.05. The highest BCUT2D eigenvalue weighted by molar-refractivity contribution is 6.30. The summed E-state index contributed by atoms with van der Waals surface area (Å²) in [6, 6.07) is 9.84. The molecule has 0 spiro atoms. The minimum absolute atomic E-state index is 0.133. The van der Waals surface area contributed by atoms with E-state index in [1.807, 2.05) is 12.1 Å². The van der Waals surface area contributed by atoms with Crippen molar-refractivity contribution in [2.75, 3.05) is 0 Å². The van der Waals surface area contributed by atoms with Gasteiger partial charge in [0, 0.05) is 35.1 Å². The van der Waals surface area contributed by atoms with Crippen molar-refractivity contribution >= 4 is 17.5 Å². The van der Waals surface area contributed by atoms with E-state index in [0.717, 1.165) is 17.7 Å². The van der Waals surface area contributed by atoms with Crippen LogP contribution in [0.1, 0.15) is 30.8 Å². The molecule has 0 unspecified atom stereocenters. The molecule has 1 N–H and O–H groups in total. The molecule has 1 heterocycles. The second-order valence-corrected chi connectivity index (χ2v) is 6.52. The highest BCUT2D eigenvalue weighted by Gasteiger charge is 2.15. The van der Waals surface area contributed by atoms with Crippen LogP contribution in [0.15, 0.2) is 53.1 Å². The number of aromatic nitrogens is 1. The average molecular weight is 391 g/mol. The fourth-order valence-corrected chi connectivity index (χ4v) is 2.76. The average Bonchev–Trinajstić information content (AvgIpc) is 3.09. The summed E-state index contributed by atoms with van der Waals surface area (Å²) >= 11 is 5.86. The lowest BCUT2D eigenvalue weighted by molar-refractivity contribution is -0.121. The normalized spacial score (nSPS) is 12.0. The summed E-state index contributed by atoms with van der Waals surface area (Å²) in [5.41, 5.74) is 1.06. The lowest BCUT2D eigenvalue weighted by Gasteiger charge is -2.14. The number of rotatable bonds is 6. The zero-order valence-electron chi connectivity index (χ0n) is 14.5. The monoisotopic (exact) mass is 390 g/mol. The van der Waals surface area contributed by atoms with Crippen LogP contribution in [0, 0.1) is 11.6 Å². The van der Waals surface area contributed by atoms with E-state index in [9.17, 15) is 13.6 Å². The summed E-state index contributed by atoms with van der Waals surface area (Å²) < 4.78 is 32.4. The Bertz CT molecular complexity index is 941. The summed E-state index contributed by atoms with van der Waals surface area (Å²) in [7, 11) is 0. The molecule has 3 aromatic rings. The van der Waals surface area contributed by atoms with Crippen molar-refractivity contribution in [3.05, 3.63) is 76.8 Å². The molecule has 1 atom stereocenters. The molecule has 0 aliphatic carbocycles. The molecule has 0 saturated carbocycles. The molecule has 0 bridgehead atoms. The van der Waals surface area contributed by atoms with Crippen molar-refractivity contribution < 1.29 is 18.0 Å². The Kier molecular flexibility index (Phi) is 5.86. The summed E-state index contributed by atoms with van der Waals surface area (Å²) in [5, 5.41) is 3.31. The Labute approximate surface area is 160 Å². The van der Waals surface area contributed by atoms with Gasteiger partial charge in [-0.05, 0) is 37.3 Å². The molecule has 4 nitrogen and oxygen atoms in total. The second-order valence-electron chi connectivity index (χ2n) is 6.08. The van der Waals surface area contributed by atoms with Gasteiger partial charge in [0.15, 0.2) is 11.7 Å². The van der Waals surface area contributed by atoms with Crippen LogP contribution in [-0.2, 0) is 11.2 Å². The van der Waals surface area contributed by atoms with E-state index in [1.165, 1.54) is 6.07 Å². The number of amides is 1. The number of hydrogen-bond acceptors (Lipinski definition) is 3. The van der Waals surface area contributed by atoms with Gasteiger partial charge in [-0.25, -0.2) is 13.8 Å². The van der Waals surface area contributed by atoms with Crippen LogP contribution >= 0.6 is 11.6 Å². The van der Waals surface area contributed by atoms with Gasteiger partial charge in [0.05, 0.1) is 12.2 Å². The largest absolute Gasteiger partial charge is 0.441 e. The molecule has 0 radical (unpaired) electrons. The van der Waals surface area contributed by atoms with E-state index in [2.05, 4.69) is 10.3 Å². The first-order chi connectivity index (χ1) is 12.9. The number of halogens is 3. The Balaban J connectivity index is 1.55. The van der Waals surface area contributed by atoms with Crippen LogP contribution in [0.3, 0.4) is 0 Å². The van der Waals surface area contributed by atoms with Crippen molar-refractivity contribution in [2.45, 2.75) is 25.8 Å². The van der Waals surface area contributed by atoms with Gasteiger partial charge in [0.1, 0.15) is 11.6 Å². The molecule has 0 aliphatic heterocycles. The predicted octanol–water partition coefficient (Wildman–Crippen LogP) is 5.08. The molecule has 3 rings (SSSR count). The van der Waals surface area contributed by atoms with Crippen molar-refractivity contribution in [3.63, 3.8) is 0 Å². The van der Waals surface area contributed by atoms with Crippen LogP contribution < -0.4 is 5.32 Å². The fourth-order valence-electron chi connectivity index (χ4n) is 2.64. The number of carbonyl (C=O) groups is 1. The Morgan fingerprint density at radius 2 is 1.96 bits per heavy atom. The minimum atomic E-state index is -0.692. The van der Waals surface area contributed by atoms with Crippen LogP contribution in [-0.4, -0.2) is 10.9 Å². The summed E-state index contributed by atoms with van der Waals surface area (Å²) in [5.74, 6) is -0.615. The van der Waals surface area contributed by atoms with E-state index in [4.69, 9.17) is 16.0 Å². The zero-order valence-corrected chi connectivity index (χ0v) is 15.3. The number of aryl methyl sites for hydroxylation is 1. The Hall–Kier alpha value is -2.73. The molecule has 2 aromatic carbocycles. The van der Waals surface area contributed by atoms with Crippen LogP contribution in [0.5, 0.6) is 0 Å². The molecule has 27 heavy (non-hydrogen) atoms. The van der Waals surface area contributed by atoms with Gasteiger partial charge < -0.3 is 9.73 Å². The van der Waals surface area contributed by atoms with Gasteiger partial charge >= 0.3 is 0 Å². The van der Waals surface area contributed by atoms with Crippen LogP contribution in [0.4, 0.5) is 8.78 Å². The first-order valence-electron chi connectivity index (χ1n) is 8.37. The smallest absolute Gasteiger partial charge is 0.220 e. The molecule has 0 fully saturated rings. The zero-order chi connectivity index (χ0) is 19.4. The lowest BCUT2D eigenvalue weighted by atomic mass is 10.1.